The van der Waals surface area contributed by atoms with Gasteiger partial charge in [-0.25, -0.2) is 4.98 Å². The van der Waals surface area contributed by atoms with Gasteiger partial charge < -0.3 is 14.8 Å². The minimum Gasteiger partial charge on any atom is -0.353 e. The number of piperazine rings is 1. The van der Waals surface area contributed by atoms with Crippen LogP contribution in [0.1, 0.15) is 29.8 Å². The lowest BCUT2D eigenvalue weighted by Crippen LogP contribution is -2.51. The molecule has 7 nitrogen and oxygen atoms in total. The van der Waals surface area contributed by atoms with E-state index in [-0.39, 0.29) is 17.9 Å². The molecule has 0 bridgehead atoms. The monoisotopic (exact) mass is 369 g/mol. The van der Waals surface area contributed by atoms with Crippen LogP contribution >= 0.6 is 0 Å². The van der Waals surface area contributed by atoms with Crippen LogP contribution in [-0.4, -0.2) is 69.9 Å². The van der Waals surface area contributed by atoms with Crippen molar-refractivity contribution >= 4 is 11.8 Å². The highest BCUT2D eigenvalue weighted by atomic mass is 16.2. The van der Waals surface area contributed by atoms with Crippen LogP contribution in [0.3, 0.4) is 0 Å². The van der Waals surface area contributed by atoms with Crippen molar-refractivity contribution in [1.82, 2.24) is 24.7 Å². The summed E-state index contributed by atoms with van der Waals surface area (Å²) in [4.78, 5) is 32.6. The molecule has 0 saturated carbocycles. The number of benzene rings is 1. The lowest BCUT2D eigenvalue weighted by molar-refractivity contribution is -0.123. The molecule has 1 fully saturated rings. The van der Waals surface area contributed by atoms with Gasteiger partial charge >= 0.3 is 0 Å². The minimum atomic E-state index is 0.0401. The fourth-order valence-corrected chi connectivity index (χ4v) is 3.21. The molecule has 27 heavy (non-hydrogen) atoms. The molecule has 7 heteroatoms. The van der Waals surface area contributed by atoms with Gasteiger partial charge in [-0.1, -0.05) is 12.1 Å². The Hall–Kier alpha value is -2.67. The van der Waals surface area contributed by atoms with Gasteiger partial charge in [-0.3, -0.25) is 14.5 Å². The molecule has 2 aromatic rings. The van der Waals surface area contributed by atoms with Gasteiger partial charge in [0.05, 0.1) is 12.9 Å². The van der Waals surface area contributed by atoms with Gasteiger partial charge in [-0.05, 0) is 31.5 Å². The van der Waals surface area contributed by atoms with Crippen molar-refractivity contribution in [3.05, 3.63) is 54.1 Å². The number of carbonyl (C=O) groups is 2. The second-order valence-corrected chi connectivity index (χ2v) is 7.22. The van der Waals surface area contributed by atoms with E-state index in [2.05, 4.69) is 15.2 Å². The molecule has 1 aromatic carbocycles. The first-order chi connectivity index (χ1) is 13.0. The van der Waals surface area contributed by atoms with E-state index in [0.717, 1.165) is 25.2 Å². The Kier molecular flexibility index (Phi) is 6.24. The second-order valence-electron chi connectivity index (χ2n) is 7.22. The predicted molar refractivity (Wildman–Crippen MR) is 103 cm³/mol. The third-order valence-corrected chi connectivity index (χ3v) is 4.60. The number of amides is 2. The van der Waals surface area contributed by atoms with Gasteiger partial charge in [-0.15, -0.1) is 0 Å². The molecule has 0 spiro atoms. The molecule has 1 aliphatic heterocycles. The zero-order valence-corrected chi connectivity index (χ0v) is 16.0. The van der Waals surface area contributed by atoms with Crippen LogP contribution in [0, 0.1) is 0 Å². The van der Waals surface area contributed by atoms with Gasteiger partial charge in [0.15, 0.2) is 0 Å². The minimum absolute atomic E-state index is 0.0401. The zero-order valence-electron chi connectivity index (χ0n) is 16.0. The fraction of sp³-hybridized carbons (Fsp3) is 0.450. The average molecular weight is 369 g/mol. The van der Waals surface area contributed by atoms with E-state index >= 15 is 0 Å². The number of aromatic nitrogens is 2. The molecular weight excluding hydrogens is 342 g/mol. The van der Waals surface area contributed by atoms with Crippen LogP contribution in [0.4, 0.5) is 0 Å². The van der Waals surface area contributed by atoms with Gasteiger partial charge in [0.2, 0.25) is 5.91 Å². The Bertz CT molecular complexity index is 747. The van der Waals surface area contributed by atoms with Crippen LogP contribution < -0.4 is 5.32 Å². The quantitative estimate of drug-likeness (QED) is 0.831. The summed E-state index contributed by atoms with van der Waals surface area (Å²) in [6, 6.07) is 7.89. The zero-order chi connectivity index (χ0) is 19.2. The first-order valence-electron chi connectivity index (χ1n) is 9.37. The summed E-state index contributed by atoms with van der Waals surface area (Å²) in [5, 5.41) is 2.90. The summed E-state index contributed by atoms with van der Waals surface area (Å²) < 4.78 is 1.99. The van der Waals surface area contributed by atoms with E-state index in [9.17, 15) is 9.59 Å². The Morgan fingerprint density at radius 2 is 1.81 bits per heavy atom. The van der Waals surface area contributed by atoms with Crippen LogP contribution in [0.2, 0.25) is 0 Å². The fourth-order valence-electron chi connectivity index (χ4n) is 3.21. The number of hydrogen-bond donors (Lipinski definition) is 1. The van der Waals surface area contributed by atoms with Crippen molar-refractivity contribution in [3.8, 4) is 0 Å². The van der Waals surface area contributed by atoms with E-state index in [1.807, 2.05) is 53.8 Å². The summed E-state index contributed by atoms with van der Waals surface area (Å²) in [5.41, 5.74) is 1.83. The molecule has 144 valence electrons. The molecule has 1 N–H and O–H groups in total. The summed E-state index contributed by atoms with van der Waals surface area (Å²) in [5.74, 6) is 0.0914. The smallest absolute Gasteiger partial charge is 0.253 e. The first kappa shape index (κ1) is 19.1. The third-order valence-electron chi connectivity index (χ3n) is 4.60. The number of nitrogens with one attached hydrogen (secondary N) is 1. The van der Waals surface area contributed by atoms with Crippen molar-refractivity contribution in [2.75, 3.05) is 32.7 Å². The van der Waals surface area contributed by atoms with Gasteiger partial charge in [-0.2, -0.15) is 0 Å². The number of hydrogen-bond acceptors (Lipinski definition) is 4. The standard InChI is InChI=1S/C20H27N5O2/c1-16(2)22-19(26)14-23-9-11-25(12-10-23)20(27)18-5-3-17(4-6-18)13-24-8-7-21-15-24/h3-8,15-16H,9-14H2,1-2H3,(H,22,26). The van der Waals surface area contributed by atoms with Crippen molar-refractivity contribution in [3.63, 3.8) is 0 Å². The molecule has 1 saturated heterocycles. The molecule has 0 unspecified atom stereocenters. The Labute approximate surface area is 160 Å². The summed E-state index contributed by atoms with van der Waals surface area (Å²) in [6.45, 7) is 7.76. The van der Waals surface area contributed by atoms with Crippen LogP contribution in [0.5, 0.6) is 0 Å². The largest absolute Gasteiger partial charge is 0.353 e. The molecule has 1 aliphatic rings. The molecule has 3 rings (SSSR count). The highest BCUT2D eigenvalue weighted by Crippen LogP contribution is 2.11. The third kappa shape index (κ3) is 5.40. The van der Waals surface area contributed by atoms with E-state index in [0.29, 0.717) is 25.2 Å². The highest BCUT2D eigenvalue weighted by molar-refractivity contribution is 5.94. The van der Waals surface area contributed by atoms with Crippen LogP contribution in [-0.2, 0) is 11.3 Å². The number of rotatable bonds is 6. The number of imidazole rings is 1. The van der Waals surface area contributed by atoms with Gasteiger partial charge in [0.25, 0.3) is 5.91 Å². The molecule has 0 aliphatic carbocycles. The summed E-state index contributed by atoms with van der Waals surface area (Å²) in [7, 11) is 0. The SMILES string of the molecule is CC(C)NC(=O)CN1CCN(C(=O)c2ccc(Cn3ccnc3)cc2)CC1. The van der Waals surface area contributed by atoms with E-state index in [1.165, 1.54) is 0 Å². The lowest BCUT2D eigenvalue weighted by atomic mass is 10.1. The molecule has 1 aromatic heterocycles. The average Bonchev–Trinajstić information content (AvgIpc) is 3.15. The van der Waals surface area contributed by atoms with Crippen molar-refractivity contribution < 1.29 is 9.59 Å². The molecular formula is C20H27N5O2. The molecule has 2 amide bonds. The Morgan fingerprint density at radius 1 is 1.11 bits per heavy atom. The van der Waals surface area contributed by atoms with Crippen molar-refractivity contribution in [2.24, 2.45) is 0 Å². The van der Waals surface area contributed by atoms with E-state index in [4.69, 9.17) is 0 Å². The molecule has 0 atom stereocenters. The van der Waals surface area contributed by atoms with Crippen molar-refractivity contribution in [2.45, 2.75) is 26.4 Å². The van der Waals surface area contributed by atoms with Crippen LogP contribution in [0.25, 0.3) is 0 Å². The number of nitrogens with zero attached hydrogens (tertiary/aromatic N) is 4. The topological polar surface area (TPSA) is 70.5 Å². The Balaban J connectivity index is 1.49. The maximum Gasteiger partial charge on any atom is 0.253 e. The molecule has 2 heterocycles. The maximum atomic E-state index is 12.7. The molecule has 0 radical (unpaired) electrons. The van der Waals surface area contributed by atoms with Crippen LogP contribution in [0.15, 0.2) is 43.0 Å². The van der Waals surface area contributed by atoms with E-state index < -0.39 is 0 Å². The Morgan fingerprint density at radius 3 is 2.41 bits per heavy atom. The first-order valence-corrected chi connectivity index (χ1v) is 9.37. The normalized spacial score (nSPS) is 15.1. The van der Waals surface area contributed by atoms with Gasteiger partial charge in [0.1, 0.15) is 0 Å². The maximum absolute atomic E-state index is 12.7. The summed E-state index contributed by atoms with van der Waals surface area (Å²) >= 11 is 0. The second kappa shape index (κ2) is 8.81. The van der Waals surface area contributed by atoms with E-state index in [1.54, 1.807) is 12.5 Å². The van der Waals surface area contributed by atoms with Crippen molar-refractivity contribution in [1.29, 1.82) is 0 Å². The number of carbonyl (C=O) groups excluding carboxylic acids is 2. The predicted octanol–water partition coefficient (Wildman–Crippen LogP) is 1.21. The highest BCUT2D eigenvalue weighted by Gasteiger charge is 2.23. The van der Waals surface area contributed by atoms with Gasteiger partial charge in [0, 0.05) is 56.7 Å². The summed E-state index contributed by atoms with van der Waals surface area (Å²) in [6.07, 6.45) is 5.45. The lowest BCUT2D eigenvalue weighted by Gasteiger charge is -2.34.